The van der Waals surface area contributed by atoms with E-state index in [1.54, 1.807) is 0 Å². The summed E-state index contributed by atoms with van der Waals surface area (Å²) in [5.74, 6) is -0.896. The molecular weight excluding hydrogens is 462 g/mol. The van der Waals surface area contributed by atoms with Crippen LogP contribution in [0.3, 0.4) is 0 Å². The van der Waals surface area contributed by atoms with E-state index in [2.05, 4.69) is 0 Å². The molecule has 3 aliphatic rings. The molecule has 0 fully saturated rings. The van der Waals surface area contributed by atoms with Gasteiger partial charge in [0.25, 0.3) is 0 Å². The van der Waals surface area contributed by atoms with E-state index < -0.39 is 11.9 Å². The van der Waals surface area contributed by atoms with E-state index in [0.717, 1.165) is 17.8 Å². The summed E-state index contributed by atoms with van der Waals surface area (Å²) in [7, 11) is 2.64. The Bertz CT molecular complexity index is 590. The van der Waals surface area contributed by atoms with Gasteiger partial charge in [-0.25, -0.2) is 0 Å². The van der Waals surface area contributed by atoms with Gasteiger partial charge in [-0.2, -0.15) is 0 Å². The second kappa shape index (κ2) is 6.95. The Morgan fingerprint density at radius 2 is 1.41 bits per heavy atom. The van der Waals surface area contributed by atoms with Crippen molar-refractivity contribution in [3.63, 3.8) is 0 Å². The van der Waals surface area contributed by atoms with Crippen LogP contribution in [0, 0.1) is 0 Å². The van der Waals surface area contributed by atoms with Gasteiger partial charge in [0, 0.05) is 0 Å². The van der Waals surface area contributed by atoms with Crippen molar-refractivity contribution in [2.75, 3.05) is 27.4 Å². The van der Waals surface area contributed by atoms with Crippen LogP contribution in [-0.4, -0.2) is 69.3 Å². The zero-order valence-electron chi connectivity index (χ0n) is 11.5. The van der Waals surface area contributed by atoms with Crippen molar-refractivity contribution in [1.82, 2.24) is 0 Å². The number of ether oxygens (including phenoxy) is 4. The third kappa shape index (κ3) is 3.09. The monoisotopic (exact) mass is 474 g/mol. The molecule has 10 heteroatoms. The first-order chi connectivity index (χ1) is 10.6. The summed E-state index contributed by atoms with van der Waals surface area (Å²) < 4.78 is 23.8. The summed E-state index contributed by atoms with van der Waals surface area (Å²) in [4.78, 5) is 23.8. The molecule has 0 aromatic rings. The molecule has 0 spiro atoms. The summed E-state index contributed by atoms with van der Waals surface area (Å²) in [5.41, 5.74) is 0. The van der Waals surface area contributed by atoms with E-state index in [4.69, 9.17) is 18.9 Å². The Kier molecular flexibility index (Phi) is 5.16. The van der Waals surface area contributed by atoms with Crippen LogP contribution in [0.1, 0.15) is 0 Å². The van der Waals surface area contributed by atoms with Gasteiger partial charge in [0.05, 0.1) is 0 Å². The maximum absolute atomic E-state index is 11.9. The molecule has 0 N–H and O–H groups in total. The van der Waals surface area contributed by atoms with Gasteiger partial charge < -0.3 is 0 Å². The summed E-state index contributed by atoms with van der Waals surface area (Å²) in [6.45, 7) is 1.09. The molecule has 0 saturated heterocycles. The fourth-order valence-corrected chi connectivity index (χ4v) is 11.3. The minimum atomic E-state index is -0.448. The van der Waals surface area contributed by atoms with Crippen LogP contribution in [0.4, 0.5) is 0 Å². The normalized spacial score (nSPS) is 20.6. The molecule has 0 aliphatic carbocycles. The van der Waals surface area contributed by atoms with E-state index in [-0.39, 0.29) is 29.9 Å². The van der Waals surface area contributed by atoms with Crippen LogP contribution in [0.5, 0.6) is 0 Å². The molecule has 0 saturated carbocycles. The number of hydrogen-bond acceptors (Lipinski definition) is 8. The molecule has 118 valence electrons. The predicted octanol–water partition coefficient (Wildman–Crippen LogP) is 0.746. The Morgan fingerprint density at radius 3 is 1.82 bits per heavy atom. The first kappa shape index (κ1) is 16.4. The van der Waals surface area contributed by atoms with Crippen LogP contribution < -0.4 is 0 Å². The topological polar surface area (TPSA) is 71.1 Å². The Morgan fingerprint density at radius 1 is 0.955 bits per heavy atom. The Hall–Kier alpha value is -0.501. The van der Waals surface area contributed by atoms with Crippen LogP contribution in [0.2, 0.25) is 0 Å². The van der Waals surface area contributed by atoms with Crippen molar-refractivity contribution in [2.45, 2.75) is 0 Å². The SMILES string of the molecule is COC(=O)C1=C(C(=O)OC)[Se]C(=C2SC3=C(OCCO3)S2)[Se]1. The molecule has 22 heavy (non-hydrogen) atoms. The molecule has 0 radical (unpaired) electrons. The van der Waals surface area contributed by atoms with Gasteiger partial charge in [0.15, 0.2) is 0 Å². The van der Waals surface area contributed by atoms with Crippen molar-refractivity contribution in [1.29, 1.82) is 0 Å². The fraction of sp³-hybridized carbons (Fsp3) is 0.333. The predicted molar refractivity (Wildman–Crippen MR) is 83.7 cm³/mol. The zero-order valence-corrected chi connectivity index (χ0v) is 16.6. The molecule has 6 nitrogen and oxygen atoms in total. The number of rotatable bonds is 2. The number of carbonyl (C=O) groups excluding carboxylic acids is 2. The van der Waals surface area contributed by atoms with Gasteiger partial charge in [-0.1, -0.05) is 0 Å². The van der Waals surface area contributed by atoms with E-state index in [1.165, 1.54) is 37.7 Å². The van der Waals surface area contributed by atoms with Crippen molar-refractivity contribution >= 4 is 65.4 Å². The van der Waals surface area contributed by atoms with Gasteiger partial charge in [-0.3, -0.25) is 0 Å². The molecule has 3 rings (SSSR count). The maximum atomic E-state index is 11.9. The van der Waals surface area contributed by atoms with E-state index in [9.17, 15) is 9.59 Å². The number of esters is 2. The second-order valence-corrected chi connectivity index (χ2v) is 11.7. The first-order valence-electron chi connectivity index (χ1n) is 6.00. The van der Waals surface area contributed by atoms with E-state index in [0.29, 0.717) is 22.2 Å². The second-order valence-electron chi connectivity index (χ2n) is 3.90. The summed E-state index contributed by atoms with van der Waals surface area (Å²) in [6.07, 6.45) is 0. The average molecular weight is 472 g/mol. The molecule has 3 heterocycles. The molecule has 0 atom stereocenters. The summed E-state index contributed by atoms with van der Waals surface area (Å²) >= 11 is 2.55. The van der Waals surface area contributed by atoms with E-state index >= 15 is 0 Å². The van der Waals surface area contributed by atoms with Gasteiger partial charge in [-0.05, 0) is 0 Å². The first-order valence-corrected chi connectivity index (χ1v) is 11.1. The van der Waals surface area contributed by atoms with Crippen LogP contribution in [-0.2, 0) is 28.5 Å². The molecule has 0 bridgehead atoms. The quantitative estimate of drug-likeness (QED) is 0.431. The third-order valence-corrected chi connectivity index (χ3v) is 12.7. The average Bonchev–Trinajstić information content (AvgIpc) is 3.17. The van der Waals surface area contributed by atoms with E-state index in [1.807, 2.05) is 0 Å². The molecule has 0 aromatic heterocycles. The Labute approximate surface area is 147 Å². The van der Waals surface area contributed by atoms with Gasteiger partial charge in [0.1, 0.15) is 0 Å². The summed E-state index contributed by atoms with van der Waals surface area (Å²) in [5, 5.41) is 1.55. The van der Waals surface area contributed by atoms with Crippen molar-refractivity contribution < 1.29 is 28.5 Å². The van der Waals surface area contributed by atoms with Crippen molar-refractivity contribution in [2.24, 2.45) is 0 Å². The van der Waals surface area contributed by atoms with Crippen molar-refractivity contribution in [3.05, 3.63) is 26.7 Å². The zero-order chi connectivity index (χ0) is 15.7. The summed E-state index contributed by atoms with van der Waals surface area (Å²) in [6, 6.07) is 0. The Balaban J connectivity index is 1.84. The standard InChI is InChI=1S/C12H10O6S2Se2/c1-15-7(13)5-6(8(14)16-2)22-12(21-5)11-19-9-10(20-11)18-4-3-17-9/h3-4H2,1-2H3. The minimum absolute atomic E-state index is 0.236. The number of methoxy groups -OCH3 is 2. The molecule has 0 amide bonds. The number of hydrogen-bond donors (Lipinski definition) is 0. The number of thioether (sulfide) groups is 2. The third-order valence-electron chi connectivity index (χ3n) is 2.59. The molecule has 0 aromatic carbocycles. The van der Waals surface area contributed by atoms with Crippen LogP contribution in [0.15, 0.2) is 26.7 Å². The molecule has 0 unspecified atom stereocenters. The molecular formula is C12H10O6S2Se2. The number of carbonyl (C=O) groups is 2. The van der Waals surface area contributed by atoms with Gasteiger partial charge >= 0.3 is 148 Å². The fourth-order valence-electron chi connectivity index (χ4n) is 1.64. The van der Waals surface area contributed by atoms with Gasteiger partial charge in [-0.15, -0.1) is 0 Å². The van der Waals surface area contributed by atoms with Gasteiger partial charge in [0.2, 0.25) is 0 Å². The van der Waals surface area contributed by atoms with Crippen LogP contribution in [0.25, 0.3) is 0 Å². The molecule has 3 aliphatic heterocycles. The van der Waals surface area contributed by atoms with Crippen molar-refractivity contribution in [3.8, 4) is 0 Å². The van der Waals surface area contributed by atoms with Crippen LogP contribution >= 0.6 is 23.5 Å².